The van der Waals surface area contributed by atoms with Crippen molar-refractivity contribution in [1.29, 1.82) is 0 Å². The molecule has 4 aromatic carbocycles. The zero-order valence-corrected chi connectivity index (χ0v) is 41.2. The molecular weight excluding hydrogens is 867 g/mol. The van der Waals surface area contributed by atoms with Crippen LogP contribution in [0.1, 0.15) is 70.7 Å². The van der Waals surface area contributed by atoms with Crippen LogP contribution in [0.3, 0.4) is 0 Å². The molecule has 4 aromatic rings. The minimum atomic E-state index is -4.84. The van der Waals surface area contributed by atoms with E-state index in [4.69, 9.17) is 0 Å². The summed E-state index contributed by atoms with van der Waals surface area (Å²) in [7, 11) is -9.44. The van der Waals surface area contributed by atoms with Crippen LogP contribution in [0.15, 0.2) is 129 Å². The molecule has 0 aromatic heterocycles. The average Bonchev–Trinajstić information content (AvgIpc) is 3.49. The molecule has 0 amide bonds. The van der Waals surface area contributed by atoms with Crippen molar-refractivity contribution in [2.45, 2.75) is 61.4 Å². The molecule has 0 fully saturated rings. The molecule has 7 rings (SSSR count). The van der Waals surface area contributed by atoms with E-state index in [1.165, 1.54) is 72.8 Å². The summed E-state index contributed by atoms with van der Waals surface area (Å²) in [6, 6.07) is 19.9. The molecule has 1 aliphatic carbocycles. The molecule has 0 spiro atoms. The molecular formula is C42H34K2N2O12S2. The largest absolute Gasteiger partial charge is 1.00 e. The smallest absolute Gasteiger partial charge is 0.871 e. The Bertz CT molecular complexity index is 2860. The molecule has 2 aliphatic heterocycles. The van der Waals surface area contributed by atoms with Gasteiger partial charge in [0.1, 0.15) is 10.1 Å². The number of hydrogen-bond acceptors (Lipinski definition) is 11. The summed E-state index contributed by atoms with van der Waals surface area (Å²) in [4.78, 5) is 37.9. The number of rotatable bonds is 10. The third kappa shape index (κ3) is 8.83. The Labute approximate surface area is 431 Å². The molecule has 18 heteroatoms. The molecule has 14 nitrogen and oxygen atoms in total. The number of hydrogen-bond donors (Lipinski definition) is 2. The third-order valence-electron chi connectivity index (χ3n) is 10.9. The quantitative estimate of drug-likeness (QED) is 0.0726. The molecule has 0 saturated carbocycles. The minimum absolute atomic E-state index is 0. The number of nitrogens with zero attached hydrogens (tertiary/aromatic N) is 2. The van der Waals surface area contributed by atoms with E-state index in [0.29, 0.717) is 45.0 Å². The van der Waals surface area contributed by atoms with Gasteiger partial charge in [0, 0.05) is 57.8 Å². The Morgan fingerprint density at radius 1 is 0.783 bits per heavy atom. The normalized spacial score (nSPS) is 17.8. The van der Waals surface area contributed by atoms with Crippen LogP contribution in [0.4, 0.5) is 11.4 Å². The average molecular weight is 901 g/mol. The fourth-order valence-electron chi connectivity index (χ4n) is 7.72. The number of benzene rings is 4. The minimum Gasteiger partial charge on any atom is -0.871 e. The Hall–Kier alpha value is -2.93. The van der Waals surface area contributed by atoms with E-state index >= 15 is 0 Å². The first-order valence-corrected chi connectivity index (χ1v) is 20.5. The first-order chi connectivity index (χ1) is 27.0. The summed E-state index contributed by atoms with van der Waals surface area (Å²) < 4.78 is 71.9. The van der Waals surface area contributed by atoms with Crippen LogP contribution in [0.2, 0.25) is 0 Å². The molecule has 0 atom stereocenters. The second-order valence-electron chi connectivity index (χ2n) is 15.2. The van der Waals surface area contributed by atoms with Crippen molar-refractivity contribution in [3.8, 4) is 0 Å². The monoisotopic (exact) mass is 900 g/mol. The van der Waals surface area contributed by atoms with Crippen LogP contribution in [-0.2, 0) is 49.0 Å². The van der Waals surface area contributed by atoms with E-state index < -0.39 is 59.4 Å². The Balaban J connectivity index is 0.00000341. The van der Waals surface area contributed by atoms with Crippen LogP contribution < -0.4 is 118 Å². The predicted molar refractivity (Wildman–Crippen MR) is 204 cm³/mol. The van der Waals surface area contributed by atoms with Gasteiger partial charge in [-0.05, 0) is 79.1 Å². The number of carbonyl (C=O) groups excluding carboxylic acids is 2. The van der Waals surface area contributed by atoms with Crippen molar-refractivity contribution in [3.63, 3.8) is 0 Å². The summed E-state index contributed by atoms with van der Waals surface area (Å²) in [6.07, 6.45) is 2.88. The zero-order valence-electron chi connectivity index (χ0n) is 33.3. The van der Waals surface area contributed by atoms with E-state index in [1.54, 1.807) is 61.4 Å². The molecule has 2 N–H and O–H groups in total. The van der Waals surface area contributed by atoms with Crippen LogP contribution in [-0.4, -0.2) is 59.1 Å². The molecule has 0 unspecified atom stereocenters. The summed E-state index contributed by atoms with van der Waals surface area (Å²) >= 11 is 0. The summed E-state index contributed by atoms with van der Waals surface area (Å²) in [5, 5.41) is 34.8. The number of Topliss-reactive ketones (excluding diaryl/α,β-unsaturated/α-hetero) is 1. The molecule has 2 heterocycles. The number of anilines is 1. The Morgan fingerprint density at radius 3 is 1.90 bits per heavy atom. The maximum absolute atomic E-state index is 14.0. The molecule has 0 radical (unpaired) electrons. The molecule has 0 bridgehead atoms. The van der Waals surface area contributed by atoms with Crippen molar-refractivity contribution in [2.24, 2.45) is 0 Å². The predicted octanol–water partition coefficient (Wildman–Crippen LogP) is -2.51. The summed E-state index contributed by atoms with van der Waals surface area (Å²) in [5.74, 6) is -3.68. The van der Waals surface area contributed by atoms with Gasteiger partial charge in [-0.15, -0.1) is 0 Å². The van der Waals surface area contributed by atoms with Gasteiger partial charge in [-0.3, -0.25) is 9.35 Å². The fraction of sp³-hybridized carbons (Fsp3) is 0.190. The summed E-state index contributed by atoms with van der Waals surface area (Å²) in [6.45, 7) is 7.28. The first-order valence-electron chi connectivity index (χ1n) is 17.7. The zero-order chi connectivity index (χ0) is 42.3. The second kappa shape index (κ2) is 17.3. The number of ketones is 1. The van der Waals surface area contributed by atoms with Gasteiger partial charge in [0.2, 0.25) is 5.69 Å². The van der Waals surface area contributed by atoms with Gasteiger partial charge < -0.3 is 29.6 Å². The van der Waals surface area contributed by atoms with Crippen molar-refractivity contribution < 1.29 is 163 Å². The van der Waals surface area contributed by atoms with Gasteiger partial charge in [0.25, 0.3) is 10.1 Å². The fourth-order valence-corrected chi connectivity index (χ4v) is 8.72. The van der Waals surface area contributed by atoms with E-state index in [9.17, 15) is 55.6 Å². The molecule has 3 aliphatic rings. The van der Waals surface area contributed by atoms with Crippen LogP contribution >= 0.6 is 0 Å². The number of carboxylic acids is 2. The van der Waals surface area contributed by atoms with Crippen LogP contribution in [0.25, 0.3) is 0 Å². The standard InChI is InChI=1S/C42H36N2O12S2.2K/c1-41(2)31-17-27(57(51,52)53)13-15-33(31)43(21-23-5-9-25(10-6-23)39(47)48)35(41)19-29-37(45)30(38(29)46)20-36-42(3,4)32-18-28(58(54,55)56)14-16-34(32)44(36)22-24-7-11-26(12-8-24)40(49)50;;/h5-20H,21-22H2,1-4H3,(H4-,45,46,47,48,49,50,51,52,53,54,55,56);;/q;2*+1/p-2. The Morgan fingerprint density at radius 2 is 1.35 bits per heavy atom. The van der Waals surface area contributed by atoms with Crippen molar-refractivity contribution in [3.05, 3.63) is 153 Å². The molecule has 298 valence electrons. The number of allylic oxidation sites excluding steroid dienone is 5. The van der Waals surface area contributed by atoms with Gasteiger partial charge in [-0.1, -0.05) is 56.0 Å². The number of carbonyl (C=O) groups is 3. The van der Waals surface area contributed by atoms with Crippen LogP contribution in [0, 0.1) is 0 Å². The number of aromatic carboxylic acids is 2. The third-order valence-corrected chi connectivity index (χ3v) is 12.6. The molecule has 0 saturated heterocycles. The second-order valence-corrected chi connectivity index (χ2v) is 18.0. The van der Waals surface area contributed by atoms with E-state index in [0.717, 1.165) is 0 Å². The van der Waals surface area contributed by atoms with Crippen LogP contribution in [0.5, 0.6) is 0 Å². The molecule has 60 heavy (non-hydrogen) atoms. The van der Waals surface area contributed by atoms with Gasteiger partial charge in [0.05, 0.1) is 26.7 Å². The van der Waals surface area contributed by atoms with E-state index in [2.05, 4.69) is 0 Å². The maximum atomic E-state index is 14.0. The van der Waals surface area contributed by atoms with E-state index in [-0.39, 0.29) is 143 Å². The van der Waals surface area contributed by atoms with Crippen molar-refractivity contribution in [2.75, 3.05) is 4.90 Å². The van der Waals surface area contributed by atoms with Gasteiger partial charge in [0.15, 0.2) is 18.0 Å². The Kier molecular flexibility index (Phi) is 13.9. The SMILES string of the molecule is CC1(C)C(=CC2=C([O-])C(=CC3=[N+](Cc4ccc(C(=O)O)cc4)c4ccc(S(=O)(=O)[O-])cc4C3(C)C)C2=O)N(Cc2ccc(C(=O)[O-])cc2)c2ccc(S(=O)(=O)O)cc21.[K+].[K+]. The van der Waals surface area contributed by atoms with E-state index in [1.807, 2.05) is 0 Å². The maximum Gasteiger partial charge on any atom is 1.00 e. The van der Waals surface area contributed by atoms with Gasteiger partial charge >= 0.3 is 109 Å². The summed E-state index contributed by atoms with van der Waals surface area (Å²) in [5.41, 5.74) is 1.74. The topological polar surface area (TPSA) is 235 Å². The van der Waals surface area contributed by atoms with Crippen molar-refractivity contribution >= 4 is 55.0 Å². The van der Waals surface area contributed by atoms with Gasteiger partial charge in [-0.25, -0.2) is 13.2 Å². The van der Waals surface area contributed by atoms with Crippen molar-refractivity contribution in [1.82, 2.24) is 0 Å². The number of carboxylic acid groups (broad SMARTS) is 2. The number of fused-ring (bicyclic) bond motifs is 2. The van der Waals surface area contributed by atoms with Gasteiger partial charge in [-0.2, -0.15) is 13.0 Å². The first kappa shape index (κ1) is 48.1.